The highest BCUT2D eigenvalue weighted by Gasteiger charge is 2.31. The molecular weight excluding hydrogens is 220 g/mol. The van der Waals surface area contributed by atoms with E-state index in [9.17, 15) is 0 Å². The molecule has 0 aromatic rings. The first-order chi connectivity index (χ1) is 8.42. The lowest BCUT2D eigenvalue weighted by molar-refractivity contribution is 0.133. The Morgan fingerprint density at radius 3 is 2.44 bits per heavy atom. The molecule has 1 aliphatic carbocycles. The van der Waals surface area contributed by atoms with Gasteiger partial charge in [-0.1, -0.05) is 40.5 Å². The van der Waals surface area contributed by atoms with Crippen molar-refractivity contribution in [3.8, 4) is 0 Å². The van der Waals surface area contributed by atoms with Crippen LogP contribution in [-0.4, -0.2) is 25.7 Å². The zero-order valence-corrected chi connectivity index (χ0v) is 13.2. The average Bonchev–Trinajstić information content (AvgIpc) is 2.26. The molecule has 2 N–H and O–H groups in total. The Labute approximate surface area is 114 Å². The summed E-state index contributed by atoms with van der Waals surface area (Å²) in [4.78, 5) is 0. The summed E-state index contributed by atoms with van der Waals surface area (Å²) in [6.45, 7) is 15.1. The Kier molecular flexibility index (Phi) is 6.65. The zero-order valence-electron chi connectivity index (χ0n) is 13.2. The second-order valence-corrected chi connectivity index (χ2v) is 7.29. The maximum absolute atomic E-state index is 3.72. The standard InChI is InChI=1S/C16H34N2/c1-13(2)10-17-11-14(3)18-12-15-8-6-7-9-16(15,4)5/h13-15,17-18H,6-12H2,1-5H3. The van der Waals surface area contributed by atoms with Crippen LogP contribution >= 0.6 is 0 Å². The molecule has 0 bridgehead atoms. The van der Waals surface area contributed by atoms with Gasteiger partial charge in [0.1, 0.15) is 0 Å². The quantitative estimate of drug-likeness (QED) is 0.727. The van der Waals surface area contributed by atoms with E-state index in [1.807, 2.05) is 0 Å². The molecule has 108 valence electrons. The first kappa shape index (κ1) is 16.0. The summed E-state index contributed by atoms with van der Waals surface area (Å²) in [7, 11) is 0. The Morgan fingerprint density at radius 1 is 1.11 bits per heavy atom. The van der Waals surface area contributed by atoms with Gasteiger partial charge in [0, 0.05) is 12.6 Å². The third kappa shape index (κ3) is 5.71. The molecule has 1 fully saturated rings. The van der Waals surface area contributed by atoms with E-state index in [0.29, 0.717) is 11.5 Å². The highest BCUT2D eigenvalue weighted by molar-refractivity contribution is 4.84. The fourth-order valence-electron chi connectivity index (χ4n) is 2.95. The predicted octanol–water partition coefficient (Wildman–Crippen LogP) is 3.43. The van der Waals surface area contributed by atoms with Crippen LogP contribution in [0.5, 0.6) is 0 Å². The molecule has 18 heavy (non-hydrogen) atoms. The highest BCUT2D eigenvalue weighted by atomic mass is 15.0. The Bertz CT molecular complexity index is 223. The molecule has 2 atom stereocenters. The molecule has 0 amide bonds. The van der Waals surface area contributed by atoms with Gasteiger partial charge in [0.15, 0.2) is 0 Å². The fraction of sp³-hybridized carbons (Fsp3) is 1.00. The van der Waals surface area contributed by atoms with E-state index in [-0.39, 0.29) is 0 Å². The van der Waals surface area contributed by atoms with Gasteiger partial charge in [0.05, 0.1) is 0 Å². The second kappa shape index (κ2) is 7.49. The van der Waals surface area contributed by atoms with Crippen LogP contribution in [0.2, 0.25) is 0 Å². The summed E-state index contributed by atoms with van der Waals surface area (Å²) in [6, 6.07) is 0.585. The van der Waals surface area contributed by atoms with Gasteiger partial charge >= 0.3 is 0 Å². The van der Waals surface area contributed by atoms with Crippen LogP contribution in [0, 0.1) is 17.3 Å². The molecule has 0 aromatic heterocycles. The topological polar surface area (TPSA) is 24.1 Å². The SMILES string of the molecule is CC(C)CNCC(C)NCC1CCCCC1(C)C. The van der Waals surface area contributed by atoms with Gasteiger partial charge in [-0.05, 0) is 50.1 Å². The fourth-order valence-corrected chi connectivity index (χ4v) is 2.95. The Morgan fingerprint density at radius 2 is 1.83 bits per heavy atom. The summed E-state index contributed by atoms with van der Waals surface area (Å²) in [5, 5.41) is 7.25. The third-order valence-corrected chi connectivity index (χ3v) is 4.44. The lowest BCUT2D eigenvalue weighted by Gasteiger charge is -2.39. The van der Waals surface area contributed by atoms with E-state index < -0.39 is 0 Å². The van der Waals surface area contributed by atoms with Crippen molar-refractivity contribution in [2.24, 2.45) is 17.3 Å². The van der Waals surface area contributed by atoms with Crippen molar-refractivity contribution in [2.75, 3.05) is 19.6 Å². The van der Waals surface area contributed by atoms with Crippen molar-refractivity contribution >= 4 is 0 Å². The van der Waals surface area contributed by atoms with Gasteiger partial charge in [-0.3, -0.25) is 0 Å². The molecule has 0 aromatic carbocycles. The molecule has 0 radical (unpaired) electrons. The van der Waals surface area contributed by atoms with Crippen molar-refractivity contribution in [1.29, 1.82) is 0 Å². The summed E-state index contributed by atoms with van der Waals surface area (Å²) in [6.07, 6.45) is 5.66. The first-order valence-electron chi connectivity index (χ1n) is 7.86. The number of rotatable bonds is 7. The largest absolute Gasteiger partial charge is 0.315 e. The van der Waals surface area contributed by atoms with Crippen molar-refractivity contribution in [3.63, 3.8) is 0 Å². The van der Waals surface area contributed by atoms with E-state index in [1.165, 1.54) is 32.2 Å². The molecule has 0 aliphatic heterocycles. The first-order valence-corrected chi connectivity index (χ1v) is 7.86. The summed E-state index contributed by atoms with van der Waals surface area (Å²) >= 11 is 0. The Balaban J connectivity index is 2.18. The molecule has 1 rings (SSSR count). The van der Waals surface area contributed by atoms with Crippen molar-refractivity contribution in [3.05, 3.63) is 0 Å². The molecular formula is C16H34N2. The van der Waals surface area contributed by atoms with E-state index in [2.05, 4.69) is 45.3 Å². The number of nitrogens with one attached hydrogen (secondary N) is 2. The lowest BCUT2D eigenvalue weighted by Crippen LogP contribution is -2.43. The van der Waals surface area contributed by atoms with Gasteiger partial charge in [-0.25, -0.2) is 0 Å². The maximum Gasteiger partial charge on any atom is 0.0164 e. The highest BCUT2D eigenvalue weighted by Crippen LogP contribution is 2.39. The predicted molar refractivity (Wildman–Crippen MR) is 80.9 cm³/mol. The normalized spacial score (nSPS) is 25.3. The van der Waals surface area contributed by atoms with Gasteiger partial charge < -0.3 is 10.6 Å². The van der Waals surface area contributed by atoms with Crippen molar-refractivity contribution in [2.45, 2.75) is 66.3 Å². The Hall–Kier alpha value is -0.0800. The average molecular weight is 254 g/mol. The number of hydrogen-bond acceptors (Lipinski definition) is 2. The maximum atomic E-state index is 3.72. The second-order valence-electron chi connectivity index (χ2n) is 7.29. The lowest BCUT2D eigenvalue weighted by atomic mass is 9.69. The van der Waals surface area contributed by atoms with E-state index in [1.54, 1.807) is 0 Å². The van der Waals surface area contributed by atoms with Crippen LogP contribution in [-0.2, 0) is 0 Å². The van der Waals surface area contributed by atoms with Gasteiger partial charge in [-0.2, -0.15) is 0 Å². The van der Waals surface area contributed by atoms with E-state index in [0.717, 1.165) is 24.9 Å². The summed E-state index contributed by atoms with van der Waals surface area (Å²) in [5.41, 5.74) is 0.538. The molecule has 2 nitrogen and oxygen atoms in total. The summed E-state index contributed by atoms with van der Waals surface area (Å²) < 4.78 is 0. The van der Waals surface area contributed by atoms with Gasteiger partial charge in [0.2, 0.25) is 0 Å². The van der Waals surface area contributed by atoms with Crippen LogP contribution < -0.4 is 10.6 Å². The van der Waals surface area contributed by atoms with Gasteiger partial charge in [-0.15, -0.1) is 0 Å². The van der Waals surface area contributed by atoms with Gasteiger partial charge in [0.25, 0.3) is 0 Å². The summed E-state index contributed by atoms with van der Waals surface area (Å²) in [5.74, 6) is 1.60. The molecule has 0 spiro atoms. The van der Waals surface area contributed by atoms with Crippen LogP contribution in [0.3, 0.4) is 0 Å². The molecule has 1 aliphatic rings. The minimum absolute atomic E-state index is 0.538. The molecule has 0 saturated heterocycles. The third-order valence-electron chi connectivity index (χ3n) is 4.44. The van der Waals surface area contributed by atoms with E-state index >= 15 is 0 Å². The minimum atomic E-state index is 0.538. The zero-order chi connectivity index (χ0) is 13.6. The minimum Gasteiger partial charge on any atom is -0.315 e. The van der Waals surface area contributed by atoms with Crippen LogP contribution in [0.25, 0.3) is 0 Å². The number of hydrogen-bond donors (Lipinski definition) is 2. The molecule has 0 heterocycles. The van der Waals surface area contributed by atoms with E-state index in [4.69, 9.17) is 0 Å². The van der Waals surface area contributed by atoms with Crippen LogP contribution in [0.15, 0.2) is 0 Å². The van der Waals surface area contributed by atoms with Crippen molar-refractivity contribution < 1.29 is 0 Å². The molecule has 2 heteroatoms. The smallest absolute Gasteiger partial charge is 0.0164 e. The molecule has 1 saturated carbocycles. The monoisotopic (exact) mass is 254 g/mol. The van der Waals surface area contributed by atoms with Crippen LogP contribution in [0.1, 0.15) is 60.3 Å². The van der Waals surface area contributed by atoms with Crippen molar-refractivity contribution in [1.82, 2.24) is 10.6 Å². The molecule has 2 unspecified atom stereocenters. The van der Waals surface area contributed by atoms with Crippen LogP contribution in [0.4, 0.5) is 0 Å².